The van der Waals surface area contributed by atoms with Crippen LogP contribution in [0, 0.1) is 11.3 Å². The van der Waals surface area contributed by atoms with Crippen molar-refractivity contribution in [3.63, 3.8) is 0 Å². The van der Waals surface area contributed by atoms with Crippen molar-refractivity contribution in [2.75, 3.05) is 6.61 Å². The minimum absolute atomic E-state index is 0.00458. The van der Waals surface area contributed by atoms with E-state index in [0.717, 1.165) is 0 Å². The first-order valence-corrected chi connectivity index (χ1v) is 6.22. The zero-order valence-electron chi connectivity index (χ0n) is 12.2. The molecule has 1 rings (SSSR count). The topological polar surface area (TPSA) is 81.3 Å². The summed E-state index contributed by atoms with van der Waals surface area (Å²) in [5.41, 5.74) is 1.46. The van der Waals surface area contributed by atoms with E-state index in [1.165, 1.54) is 24.6 Å². The Morgan fingerprint density at radius 3 is 2.14 bits per heavy atom. The lowest BCUT2D eigenvalue weighted by molar-refractivity contribution is -0.132. The number of nitrogens with zero attached hydrogens (tertiary/aromatic N) is 1. The number of nitriles is 1. The van der Waals surface area contributed by atoms with Crippen LogP contribution >= 0.6 is 0 Å². The van der Waals surface area contributed by atoms with Crippen molar-refractivity contribution in [1.29, 1.82) is 5.26 Å². The molecule has 0 aromatic heterocycles. The lowest BCUT2D eigenvalue weighted by Crippen LogP contribution is -1.95. The highest BCUT2D eigenvalue weighted by molar-refractivity contribution is 5.85. The van der Waals surface area contributed by atoms with E-state index in [1.54, 1.807) is 6.07 Å². The van der Waals surface area contributed by atoms with E-state index in [4.69, 9.17) is 15.5 Å². The van der Waals surface area contributed by atoms with Gasteiger partial charge in [-0.2, -0.15) is 5.26 Å². The second-order valence-electron chi connectivity index (χ2n) is 3.65. The highest BCUT2D eigenvalue weighted by atomic mass is 16.4. The summed E-state index contributed by atoms with van der Waals surface area (Å²) in [6, 6.07) is 11.7. The number of carbonyl (C=O) groups is 1. The second kappa shape index (κ2) is 15.4. The highest BCUT2D eigenvalue weighted by Crippen LogP contribution is 1.97. The third-order valence-electron chi connectivity index (χ3n) is 2.04. The van der Waals surface area contributed by atoms with Gasteiger partial charge in [0, 0.05) is 18.3 Å². The zero-order valence-corrected chi connectivity index (χ0v) is 12.2. The number of carboxylic acids is 1. The molecule has 0 fully saturated rings. The van der Waals surface area contributed by atoms with Crippen LogP contribution in [-0.2, 0) is 4.79 Å². The van der Waals surface area contributed by atoms with Gasteiger partial charge in [0.05, 0.1) is 6.07 Å². The third-order valence-corrected chi connectivity index (χ3v) is 2.04. The van der Waals surface area contributed by atoms with Crippen molar-refractivity contribution in [2.24, 2.45) is 0 Å². The van der Waals surface area contributed by atoms with Crippen molar-refractivity contribution >= 4 is 12.0 Å². The van der Waals surface area contributed by atoms with Gasteiger partial charge in [0.25, 0.3) is 0 Å². The molecule has 0 bridgehead atoms. The largest absolute Gasteiger partial charge is 0.478 e. The summed E-state index contributed by atoms with van der Waals surface area (Å²) in [7, 11) is 0. The lowest BCUT2D eigenvalue weighted by atomic mass is 10.2. The fourth-order valence-electron chi connectivity index (χ4n) is 0.957. The van der Waals surface area contributed by atoms with E-state index in [-0.39, 0.29) is 12.2 Å². The predicted molar refractivity (Wildman–Crippen MR) is 85.4 cm³/mol. The molecule has 0 unspecified atom stereocenters. The first kappa shape index (κ1) is 20.7. The van der Waals surface area contributed by atoms with Gasteiger partial charge >= 0.3 is 5.97 Å². The normalized spacial score (nSPS) is 8.90. The Morgan fingerprint density at radius 2 is 1.86 bits per heavy atom. The zero-order chi connectivity index (χ0) is 16.5. The van der Waals surface area contributed by atoms with Crippen LogP contribution in [-0.4, -0.2) is 22.8 Å². The molecule has 0 amide bonds. The van der Waals surface area contributed by atoms with E-state index in [1.807, 2.05) is 36.4 Å². The molecule has 0 radical (unpaired) electrons. The molecule has 21 heavy (non-hydrogen) atoms. The molecule has 0 saturated carbocycles. The first-order chi connectivity index (χ1) is 10.0. The number of carboxylic acid groups (broad SMARTS) is 1. The van der Waals surface area contributed by atoms with E-state index in [9.17, 15) is 4.79 Å². The van der Waals surface area contributed by atoms with Crippen molar-refractivity contribution in [3.8, 4) is 6.07 Å². The van der Waals surface area contributed by atoms with Crippen molar-refractivity contribution in [1.82, 2.24) is 0 Å². The van der Waals surface area contributed by atoms with Crippen LogP contribution < -0.4 is 0 Å². The molecule has 0 heterocycles. The SMILES string of the molecule is C=CC#N.C=Cc1ccccc1.CC(=CCCO)C(=O)O. The molecule has 2 N–H and O–H groups in total. The van der Waals surface area contributed by atoms with Gasteiger partial charge in [-0.15, -0.1) is 0 Å². The number of aliphatic carboxylic acids is 1. The van der Waals surface area contributed by atoms with E-state index < -0.39 is 5.97 Å². The smallest absolute Gasteiger partial charge is 0.330 e. The number of aliphatic hydroxyl groups is 1. The van der Waals surface area contributed by atoms with Gasteiger partial charge < -0.3 is 10.2 Å². The summed E-state index contributed by atoms with van der Waals surface area (Å²) < 4.78 is 0. The molecule has 1 aromatic carbocycles. The van der Waals surface area contributed by atoms with Crippen molar-refractivity contribution in [2.45, 2.75) is 13.3 Å². The van der Waals surface area contributed by atoms with Crippen LogP contribution in [0.15, 0.2) is 61.2 Å². The summed E-state index contributed by atoms with van der Waals surface area (Å²) in [6.45, 7) is 8.25. The molecular formula is C17H21NO3. The van der Waals surface area contributed by atoms with Crippen LogP contribution in [0.25, 0.3) is 6.08 Å². The maximum absolute atomic E-state index is 10.1. The molecular weight excluding hydrogens is 266 g/mol. The molecule has 4 heteroatoms. The Labute approximate surface area is 126 Å². The molecule has 0 spiro atoms. The van der Waals surface area contributed by atoms with Crippen LogP contribution in [0.5, 0.6) is 0 Å². The third kappa shape index (κ3) is 15.3. The van der Waals surface area contributed by atoms with Crippen LogP contribution in [0.1, 0.15) is 18.9 Å². The number of hydrogen-bond donors (Lipinski definition) is 2. The lowest BCUT2D eigenvalue weighted by Gasteiger charge is -1.89. The minimum atomic E-state index is -0.927. The predicted octanol–water partition coefficient (Wildman–Crippen LogP) is 3.43. The Hall–Kier alpha value is -2.64. The Morgan fingerprint density at radius 1 is 1.33 bits per heavy atom. The first-order valence-electron chi connectivity index (χ1n) is 6.22. The van der Waals surface area contributed by atoms with Crippen LogP contribution in [0.4, 0.5) is 0 Å². The molecule has 0 aliphatic rings. The summed E-state index contributed by atoms with van der Waals surface area (Å²) in [5.74, 6) is -0.927. The Kier molecular flexibility index (Phi) is 15.2. The van der Waals surface area contributed by atoms with Crippen LogP contribution in [0.3, 0.4) is 0 Å². The van der Waals surface area contributed by atoms with Gasteiger partial charge in [0.1, 0.15) is 0 Å². The van der Waals surface area contributed by atoms with Gasteiger partial charge in [-0.3, -0.25) is 0 Å². The standard InChI is InChI=1S/C8H8.C6H10O3.C3H3N/c1-2-8-6-4-3-5-7-8;1-5(6(8)9)3-2-4-7;1-2-3-4/h2-7H,1H2;3,7H,2,4H2,1H3,(H,8,9);2H,1H2. The molecule has 0 saturated heterocycles. The highest BCUT2D eigenvalue weighted by Gasteiger charge is 1.96. The fraction of sp³-hybridized carbons (Fsp3) is 0.176. The second-order valence-corrected chi connectivity index (χ2v) is 3.65. The summed E-state index contributed by atoms with van der Waals surface area (Å²) in [6.07, 6.45) is 4.92. The maximum Gasteiger partial charge on any atom is 0.330 e. The molecule has 0 aliphatic carbocycles. The van der Waals surface area contributed by atoms with Crippen molar-refractivity contribution < 1.29 is 15.0 Å². The monoisotopic (exact) mass is 287 g/mol. The number of hydrogen-bond acceptors (Lipinski definition) is 3. The van der Waals surface area contributed by atoms with E-state index >= 15 is 0 Å². The van der Waals surface area contributed by atoms with Gasteiger partial charge in [0.15, 0.2) is 0 Å². The number of benzene rings is 1. The minimum Gasteiger partial charge on any atom is -0.478 e. The molecule has 1 aromatic rings. The maximum atomic E-state index is 10.1. The number of rotatable bonds is 4. The molecule has 112 valence electrons. The summed E-state index contributed by atoms with van der Waals surface area (Å²) >= 11 is 0. The quantitative estimate of drug-likeness (QED) is 0.656. The van der Waals surface area contributed by atoms with Crippen molar-refractivity contribution in [3.05, 3.63) is 66.8 Å². The van der Waals surface area contributed by atoms with E-state index in [0.29, 0.717) is 6.42 Å². The molecule has 4 nitrogen and oxygen atoms in total. The average Bonchev–Trinajstić information content (AvgIpc) is 2.54. The van der Waals surface area contributed by atoms with Gasteiger partial charge in [-0.25, -0.2) is 4.79 Å². The van der Waals surface area contributed by atoms with Gasteiger partial charge in [0.2, 0.25) is 0 Å². The fourth-order valence-corrected chi connectivity index (χ4v) is 0.957. The van der Waals surface area contributed by atoms with Gasteiger partial charge in [-0.05, 0) is 18.9 Å². The number of allylic oxidation sites excluding steroid dienone is 1. The Bertz CT molecular complexity index is 485. The molecule has 0 atom stereocenters. The van der Waals surface area contributed by atoms with Gasteiger partial charge in [-0.1, -0.05) is 55.6 Å². The van der Waals surface area contributed by atoms with E-state index in [2.05, 4.69) is 13.2 Å². The molecule has 0 aliphatic heterocycles. The number of aliphatic hydroxyl groups excluding tert-OH is 1. The summed E-state index contributed by atoms with van der Waals surface area (Å²) in [5, 5.41) is 24.0. The summed E-state index contributed by atoms with van der Waals surface area (Å²) in [4.78, 5) is 10.1. The van der Waals surface area contributed by atoms with Crippen LogP contribution in [0.2, 0.25) is 0 Å². The average molecular weight is 287 g/mol. The Balaban J connectivity index is 0.